The molecule has 0 radical (unpaired) electrons. The third kappa shape index (κ3) is 7.67. The molecule has 1 heterocycles. The molecule has 0 aliphatic heterocycles. The quantitative estimate of drug-likeness (QED) is 0.710. The highest BCUT2D eigenvalue weighted by Crippen LogP contribution is 2.17. The molecule has 1 unspecified atom stereocenters. The molecular weight excluding hydrogens is 303 g/mol. The van der Waals surface area contributed by atoms with Crippen molar-refractivity contribution in [3.05, 3.63) is 23.9 Å². The van der Waals surface area contributed by atoms with Crippen molar-refractivity contribution in [2.75, 3.05) is 19.8 Å². The van der Waals surface area contributed by atoms with Crippen LogP contribution in [-0.4, -0.2) is 42.1 Å². The summed E-state index contributed by atoms with van der Waals surface area (Å²) in [4.78, 5) is 15.1. The third-order valence-corrected chi connectivity index (χ3v) is 2.56. The first-order chi connectivity index (χ1) is 10.3. The molecule has 1 rings (SSSR count). The number of hydrogen-bond acceptors (Lipinski definition) is 4. The van der Waals surface area contributed by atoms with E-state index >= 15 is 0 Å². The molecule has 3 N–H and O–H groups in total. The maximum Gasteiger partial charge on any atom is 0.422 e. The predicted octanol–water partition coefficient (Wildman–Crippen LogP) is 1.45. The molecule has 1 aromatic heterocycles. The molecule has 0 aliphatic carbocycles. The number of hydrogen-bond donors (Lipinski definition) is 3. The molecule has 0 spiro atoms. The number of aliphatic hydroxyl groups is 1. The van der Waals surface area contributed by atoms with E-state index in [1.165, 1.54) is 12.3 Å². The molecule has 0 bridgehead atoms. The lowest BCUT2D eigenvalue weighted by atomic mass is 10.2. The van der Waals surface area contributed by atoms with E-state index in [2.05, 4.69) is 20.4 Å². The van der Waals surface area contributed by atoms with Gasteiger partial charge in [0.15, 0.2) is 6.61 Å². The zero-order chi connectivity index (χ0) is 16.6. The van der Waals surface area contributed by atoms with Crippen molar-refractivity contribution in [1.82, 2.24) is 15.6 Å². The number of carbonyl (C=O) groups excluding carboxylic acids is 1. The summed E-state index contributed by atoms with van der Waals surface area (Å²) in [5.74, 6) is -0.222. The fraction of sp³-hybridized carbons (Fsp3) is 0.538. The fourth-order valence-electron chi connectivity index (χ4n) is 1.37. The first-order valence-electron chi connectivity index (χ1n) is 6.57. The van der Waals surface area contributed by atoms with Gasteiger partial charge in [0.05, 0.1) is 0 Å². The largest absolute Gasteiger partial charge is 0.468 e. The number of aliphatic hydroxyl groups excluding tert-OH is 1. The van der Waals surface area contributed by atoms with Crippen molar-refractivity contribution in [2.24, 2.45) is 5.92 Å². The average molecular weight is 321 g/mol. The van der Waals surface area contributed by atoms with Gasteiger partial charge >= 0.3 is 12.2 Å². The van der Waals surface area contributed by atoms with E-state index in [9.17, 15) is 18.0 Å². The second kappa shape index (κ2) is 8.42. The number of rotatable bonds is 7. The monoisotopic (exact) mass is 321 g/mol. The highest BCUT2D eigenvalue weighted by atomic mass is 19.4. The Labute approximate surface area is 125 Å². The van der Waals surface area contributed by atoms with Crippen LogP contribution >= 0.6 is 0 Å². The van der Waals surface area contributed by atoms with Crippen LogP contribution in [0.3, 0.4) is 0 Å². The maximum atomic E-state index is 12.0. The lowest BCUT2D eigenvalue weighted by molar-refractivity contribution is -0.154. The molecule has 0 saturated heterocycles. The lowest BCUT2D eigenvalue weighted by Crippen LogP contribution is -2.38. The smallest absolute Gasteiger partial charge is 0.422 e. The number of urea groups is 1. The molecule has 124 valence electrons. The van der Waals surface area contributed by atoms with Gasteiger partial charge in [-0.15, -0.1) is 0 Å². The highest BCUT2D eigenvalue weighted by Gasteiger charge is 2.28. The topological polar surface area (TPSA) is 83.5 Å². The van der Waals surface area contributed by atoms with E-state index in [4.69, 9.17) is 5.11 Å². The Bertz CT molecular complexity index is 483. The highest BCUT2D eigenvalue weighted by molar-refractivity contribution is 5.73. The fourth-order valence-corrected chi connectivity index (χ4v) is 1.37. The summed E-state index contributed by atoms with van der Waals surface area (Å²) >= 11 is 0. The number of amides is 2. The molecule has 1 aromatic rings. The van der Waals surface area contributed by atoms with Crippen LogP contribution in [0.2, 0.25) is 0 Å². The summed E-state index contributed by atoms with van der Waals surface area (Å²) in [6, 6.07) is 2.44. The van der Waals surface area contributed by atoms with Gasteiger partial charge in [0.2, 0.25) is 5.88 Å². The molecule has 0 saturated carbocycles. The minimum atomic E-state index is -4.43. The summed E-state index contributed by atoms with van der Waals surface area (Å²) in [6.07, 6.45) is -3.13. The maximum absolute atomic E-state index is 12.0. The minimum Gasteiger partial charge on any atom is -0.468 e. The van der Waals surface area contributed by atoms with E-state index in [1.807, 2.05) is 0 Å². The second-order valence-electron chi connectivity index (χ2n) is 4.76. The molecule has 0 aliphatic rings. The molecule has 0 fully saturated rings. The molecule has 22 heavy (non-hydrogen) atoms. The Kier molecular flexibility index (Phi) is 6.90. The van der Waals surface area contributed by atoms with Gasteiger partial charge in [-0.2, -0.15) is 13.2 Å². The second-order valence-corrected chi connectivity index (χ2v) is 4.76. The van der Waals surface area contributed by atoms with Crippen LogP contribution in [0.5, 0.6) is 5.88 Å². The molecule has 9 heteroatoms. The van der Waals surface area contributed by atoms with Crippen molar-refractivity contribution in [1.29, 1.82) is 0 Å². The van der Waals surface area contributed by atoms with Gasteiger partial charge in [-0.05, 0) is 17.5 Å². The number of nitrogens with one attached hydrogen (secondary N) is 2. The number of nitrogens with zero attached hydrogens (tertiary/aromatic N) is 1. The number of ether oxygens (including phenoxy) is 1. The van der Waals surface area contributed by atoms with Crippen LogP contribution in [-0.2, 0) is 6.54 Å². The van der Waals surface area contributed by atoms with Crippen molar-refractivity contribution in [3.63, 3.8) is 0 Å². The number of carbonyl (C=O) groups is 1. The standard InChI is InChI=1S/C13H18F3N3O3/c1-9(7-20)5-18-12(21)19-6-10-2-3-17-11(4-10)22-8-13(14,15)16/h2-4,9,20H,5-8H2,1H3,(H2,18,19,21). The Morgan fingerprint density at radius 2 is 2.18 bits per heavy atom. The molecular formula is C13H18F3N3O3. The van der Waals surface area contributed by atoms with Crippen LogP contribution in [0.25, 0.3) is 0 Å². The average Bonchev–Trinajstić information content (AvgIpc) is 2.48. The summed E-state index contributed by atoms with van der Waals surface area (Å²) in [5, 5.41) is 13.9. The molecule has 1 atom stereocenters. The normalized spacial score (nSPS) is 12.6. The summed E-state index contributed by atoms with van der Waals surface area (Å²) in [7, 11) is 0. The third-order valence-electron chi connectivity index (χ3n) is 2.56. The van der Waals surface area contributed by atoms with Crippen LogP contribution in [0.1, 0.15) is 12.5 Å². The van der Waals surface area contributed by atoms with E-state index < -0.39 is 18.8 Å². The van der Waals surface area contributed by atoms with Crippen LogP contribution in [0.15, 0.2) is 18.3 Å². The van der Waals surface area contributed by atoms with E-state index in [1.54, 1.807) is 13.0 Å². The van der Waals surface area contributed by atoms with Gasteiger partial charge < -0.3 is 20.5 Å². The van der Waals surface area contributed by atoms with Gasteiger partial charge in [0.25, 0.3) is 0 Å². The Hall–Kier alpha value is -2.03. The minimum absolute atomic E-state index is 0.0372. The number of aromatic nitrogens is 1. The van der Waals surface area contributed by atoms with Crippen LogP contribution in [0.4, 0.5) is 18.0 Å². The molecule has 0 aromatic carbocycles. The number of pyridine rings is 1. The van der Waals surface area contributed by atoms with Crippen molar-refractivity contribution >= 4 is 6.03 Å². The van der Waals surface area contributed by atoms with Crippen molar-refractivity contribution < 1.29 is 27.8 Å². The number of alkyl halides is 3. The van der Waals surface area contributed by atoms with Gasteiger partial charge in [0.1, 0.15) is 0 Å². The van der Waals surface area contributed by atoms with Crippen LogP contribution in [0, 0.1) is 5.92 Å². The first-order valence-corrected chi connectivity index (χ1v) is 6.57. The Balaban J connectivity index is 2.41. The van der Waals surface area contributed by atoms with Crippen LogP contribution < -0.4 is 15.4 Å². The number of halogens is 3. The van der Waals surface area contributed by atoms with E-state index in [0.29, 0.717) is 12.1 Å². The summed E-state index contributed by atoms with van der Waals surface area (Å²) < 4.78 is 40.6. The summed E-state index contributed by atoms with van der Waals surface area (Å²) in [5.41, 5.74) is 0.553. The van der Waals surface area contributed by atoms with Gasteiger partial charge in [-0.1, -0.05) is 6.92 Å². The van der Waals surface area contributed by atoms with Gasteiger partial charge in [-0.25, -0.2) is 9.78 Å². The summed E-state index contributed by atoms with van der Waals surface area (Å²) in [6.45, 7) is 0.747. The van der Waals surface area contributed by atoms with Gasteiger partial charge in [0, 0.05) is 32.0 Å². The molecule has 2 amide bonds. The first kappa shape index (κ1) is 18.0. The Morgan fingerprint density at radius 3 is 2.82 bits per heavy atom. The lowest BCUT2D eigenvalue weighted by Gasteiger charge is -2.12. The van der Waals surface area contributed by atoms with Crippen molar-refractivity contribution in [3.8, 4) is 5.88 Å². The van der Waals surface area contributed by atoms with Gasteiger partial charge in [-0.3, -0.25) is 0 Å². The zero-order valence-corrected chi connectivity index (χ0v) is 12.0. The van der Waals surface area contributed by atoms with E-state index in [0.717, 1.165) is 0 Å². The van der Waals surface area contributed by atoms with Crippen molar-refractivity contribution in [2.45, 2.75) is 19.6 Å². The predicted molar refractivity (Wildman–Crippen MR) is 72.3 cm³/mol. The van der Waals surface area contributed by atoms with E-state index in [-0.39, 0.29) is 24.9 Å². The zero-order valence-electron chi connectivity index (χ0n) is 12.0. The SMILES string of the molecule is CC(CO)CNC(=O)NCc1ccnc(OCC(F)(F)F)c1. The molecule has 6 nitrogen and oxygen atoms in total. The Morgan fingerprint density at radius 1 is 1.45 bits per heavy atom.